The molecule has 0 bridgehead atoms. The molecule has 0 nitrogen and oxygen atoms in total. The average Bonchev–Trinajstić information content (AvgIpc) is 2.44. The summed E-state index contributed by atoms with van der Waals surface area (Å²) in [5.74, 6) is -3.69. The number of rotatable bonds is 5. The van der Waals surface area contributed by atoms with Crippen LogP contribution in [0.5, 0.6) is 0 Å². The fourth-order valence-electron chi connectivity index (χ4n) is 2.15. The molecule has 106 valence electrons. The molecule has 0 heterocycles. The first-order chi connectivity index (χ1) is 9.60. The smallest absolute Gasteiger partial charge is 0.194 e. The van der Waals surface area contributed by atoms with Crippen molar-refractivity contribution in [3.8, 4) is 0 Å². The Morgan fingerprint density at radius 1 is 0.800 bits per heavy atom. The van der Waals surface area contributed by atoms with Gasteiger partial charge >= 0.3 is 0 Å². The van der Waals surface area contributed by atoms with Crippen molar-refractivity contribution in [3.63, 3.8) is 0 Å². The standard InChI is InChI=1S/C17H17F3/c1-2-3-4-12-5-7-13(8-6-12)9-14-10-15(18)17(20)16(19)11-14/h5-8,10-11H,2-4,9H2,1H3. The van der Waals surface area contributed by atoms with Gasteiger partial charge in [0.25, 0.3) is 0 Å². The van der Waals surface area contributed by atoms with E-state index in [0.29, 0.717) is 12.0 Å². The van der Waals surface area contributed by atoms with E-state index in [1.807, 2.05) is 24.3 Å². The minimum Gasteiger partial charge on any atom is -0.204 e. The van der Waals surface area contributed by atoms with Crippen molar-refractivity contribution in [1.82, 2.24) is 0 Å². The molecule has 0 aromatic heterocycles. The average molecular weight is 278 g/mol. The Balaban J connectivity index is 2.10. The summed E-state index contributed by atoms with van der Waals surface area (Å²) >= 11 is 0. The molecule has 0 saturated heterocycles. The van der Waals surface area contributed by atoms with Crippen molar-refractivity contribution in [2.75, 3.05) is 0 Å². The summed E-state index contributed by atoms with van der Waals surface area (Å²) in [5, 5.41) is 0. The van der Waals surface area contributed by atoms with Gasteiger partial charge in [-0.3, -0.25) is 0 Å². The zero-order valence-corrected chi connectivity index (χ0v) is 11.4. The van der Waals surface area contributed by atoms with E-state index < -0.39 is 17.5 Å². The normalized spacial score (nSPS) is 10.8. The Morgan fingerprint density at radius 2 is 1.35 bits per heavy atom. The van der Waals surface area contributed by atoms with Crippen molar-refractivity contribution in [2.24, 2.45) is 0 Å². The van der Waals surface area contributed by atoms with E-state index in [4.69, 9.17) is 0 Å². The first-order valence-electron chi connectivity index (χ1n) is 6.81. The van der Waals surface area contributed by atoms with Crippen molar-refractivity contribution in [2.45, 2.75) is 32.6 Å². The monoisotopic (exact) mass is 278 g/mol. The molecule has 2 rings (SSSR count). The van der Waals surface area contributed by atoms with Crippen LogP contribution in [0.3, 0.4) is 0 Å². The van der Waals surface area contributed by atoms with Gasteiger partial charge in [0, 0.05) is 0 Å². The highest BCUT2D eigenvalue weighted by Gasteiger charge is 2.10. The van der Waals surface area contributed by atoms with Gasteiger partial charge in [-0.15, -0.1) is 0 Å². The van der Waals surface area contributed by atoms with Crippen molar-refractivity contribution < 1.29 is 13.2 Å². The van der Waals surface area contributed by atoms with Gasteiger partial charge < -0.3 is 0 Å². The zero-order valence-electron chi connectivity index (χ0n) is 11.4. The van der Waals surface area contributed by atoms with Gasteiger partial charge in [0.1, 0.15) is 0 Å². The summed E-state index contributed by atoms with van der Waals surface area (Å²) < 4.78 is 39.1. The summed E-state index contributed by atoms with van der Waals surface area (Å²) in [6, 6.07) is 10.0. The molecule has 0 unspecified atom stereocenters. The molecule has 0 spiro atoms. The Bertz CT molecular complexity index is 550. The van der Waals surface area contributed by atoms with Crippen LogP contribution in [-0.2, 0) is 12.8 Å². The van der Waals surface area contributed by atoms with Crippen LogP contribution in [0.25, 0.3) is 0 Å². The maximum atomic E-state index is 13.1. The molecular formula is C17H17F3. The second kappa shape index (κ2) is 6.60. The van der Waals surface area contributed by atoms with Crippen LogP contribution in [0.2, 0.25) is 0 Å². The first-order valence-corrected chi connectivity index (χ1v) is 6.81. The highest BCUT2D eigenvalue weighted by molar-refractivity contribution is 5.29. The molecule has 0 atom stereocenters. The van der Waals surface area contributed by atoms with Crippen LogP contribution in [0.15, 0.2) is 36.4 Å². The van der Waals surface area contributed by atoms with Crippen LogP contribution in [0.1, 0.15) is 36.5 Å². The summed E-state index contributed by atoms with van der Waals surface area (Å²) in [7, 11) is 0. The lowest BCUT2D eigenvalue weighted by Crippen LogP contribution is -1.96. The molecule has 0 amide bonds. The minimum absolute atomic E-state index is 0.391. The second-order valence-corrected chi connectivity index (χ2v) is 4.97. The second-order valence-electron chi connectivity index (χ2n) is 4.97. The largest absolute Gasteiger partial charge is 0.204 e. The summed E-state index contributed by atoms with van der Waals surface area (Å²) in [6.45, 7) is 2.14. The van der Waals surface area contributed by atoms with Crippen molar-refractivity contribution in [1.29, 1.82) is 0 Å². The highest BCUT2D eigenvalue weighted by atomic mass is 19.2. The third-order valence-electron chi connectivity index (χ3n) is 3.29. The molecule has 0 aliphatic carbocycles. The number of halogens is 3. The van der Waals surface area contributed by atoms with Gasteiger partial charge in [0.15, 0.2) is 17.5 Å². The third kappa shape index (κ3) is 3.62. The molecule has 2 aromatic rings. The number of hydrogen-bond donors (Lipinski definition) is 0. The maximum absolute atomic E-state index is 13.1. The van der Waals surface area contributed by atoms with Gasteiger partial charge in [0.2, 0.25) is 0 Å². The van der Waals surface area contributed by atoms with E-state index in [1.165, 1.54) is 5.56 Å². The van der Waals surface area contributed by atoms with Crippen LogP contribution in [0.4, 0.5) is 13.2 Å². The molecule has 0 aliphatic rings. The molecular weight excluding hydrogens is 261 g/mol. The Kier molecular flexibility index (Phi) is 4.83. The quantitative estimate of drug-likeness (QED) is 0.672. The Morgan fingerprint density at radius 3 is 1.90 bits per heavy atom. The van der Waals surface area contributed by atoms with Gasteiger partial charge in [-0.2, -0.15) is 0 Å². The first kappa shape index (κ1) is 14.6. The fourth-order valence-corrected chi connectivity index (χ4v) is 2.15. The lowest BCUT2D eigenvalue weighted by Gasteiger charge is -2.05. The van der Waals surface area contributed by atoms with Crippen LogP contribution < -0.4 is 0 Å². The molecule has 2 aromatic carbocycles. The molecule has 20 heavy (non-hydrogen) atoms. The van der Waals surface area contributed by atoms with E-state index >= 15 is 0 Å². The van der Waals surface area contributed by atoms with Gasteiger partial charge in [0.05, 0.1) is 0 Å². The number of unbranched alkanes of at least 4 members (excludes halogenated alkanes) is 1. The summed E-state index contributed by atoms with van der Waals surface area (Å²) in [5.41, 5.74) is 2.64. The Hall–Kier alpha value is -1.77. The third-order valence-corrected chi connectivity index (χ3v) is 3.29. The predicted octanol–water partition coefficient (Wildman–Crippen LogP) is 5.04. The van der Waals surface area contributed by atoms with Crippen molar-refractivity contribution >= 4 is 0 Å². The van der Waals surface area contributed by atoms with E-state index in [2.05, 4.69) is 6.92 Å². The minimum atomic E-state index is -1.41. The van der Waals surface area contributed by atoms with E-state index in [-0.39, 0.29) is 0 Å². The van der Waals surface area contributed by atoms with Crippen LogP contribution >= 0.6 is 0 Å². The molecule has 3 heteroatoms. The molecule has 0 radical (unpaired) electrons. The van der Waals surface area contributed by atoms with E-state index in [0.717, 1.165) is 37.0 Å². The molecule has 0 fully saturated rings. The number of aryl methyl sites for hydroxylation is 1. The lowest BCUT2D eigenvalue weighted by molar-refractivity contribution is 0.445. The SMILES string of the molecule is CCCCc1ccc(Cc2cc(F)c(F)c(F)c2)cc1. The number of hydrogen-bond acceptors (Lipinski definition) is 0. The zero-order chi connectivity index (χ0) is 14.5. The van der Waals surface area contributed by atoms with Gasteiger partial charge in [-0.1, -0.05) is 37.6 Å². The van der Waals surface area contributed by atoms with E-state index in [1.54, 1.807) is 0 Å². The topological polar surface area (TPSA) is 0 Å². The molecule has 0 aliphatic heterocycles. The fraction of sp³-hybridized carbons (Fsp3) is 0.294. The number of benzene rings is 2. The van der Waals surface area contributed by atoms with E-state index in [9.17, 15) is 13.2 Å². The predicted molar refractivity (Wildman–Crippen MR) is 74.2 cm³/mol. The van der Waals surface area contributed by atoms with Crippen LogP contribution in [0, 0.1) is 17.5 Å². The maximum Gasteiger partial charge on any atom is 0.194 e. The Labute approximate surface area is 117 Å². The lowest BCUT2D eigenvalue weighted by atomic mass is 10.0. The van der Waals surface area contributed by atoms with Gasteiger partial charge in [-0.25, -0.2) is 13.2 Å². The van der Waals surface area contributed by atoms with Crippen molar-refractivity contribution in [3.05, 3.63) is 70.5 Å². The summed E-state index contributed by atoms with van der Waals surface area (Å²) in [4.78, 5) is 0. The molecule has 0 N–H and O–H groups in total. The summed E-state index contributed by atoms with van der Waals surface area (Å²) in [6.07, 6.45) is 3.72. The highest BCUT2D eigenvalue weighted by Crippen LogP contribution is 2.17. The van der Waals surface area contributed by atoms with Gasteiger partial charge in [-0.05, 0) is 48.1 Å². The molecule has 0 saturated carbocycles. The van der Waals surface area contributed by atoms with Crippen LogP contribution in [-0.4, -0.2) is 0 Å².